The summed E-state index contributed by atoms with van der Waals surface area (Å²) in [6.07, 6.45) is -1.23. The van der Waals surface area contributed by atoms with Gasteiger partial charge in [-0.3, -0.25) is 0 Å². The third-order valence-corrected chi connectivity index (χ3v) is 2.54. The van der Waals surface area contributed by atoms with Gasteiger partial charge in [-0.15, -0.1) is 0 Å². The molecule has 0 aliphatic rings. The maximum absolute atomic E-state index is 12.0. The molecule has 1 heterocycles. The topological polar surface area (TPSA) is 29.9 Å². The third-order valence-electron chi connectivity index (χ3n) is 2.54. The number of nitrogens with one attached hydrogen (secondary N) is 1. The minimum absolute atomic E-state index is 0.161. The molecule has 0 saturated carbocycles. The summed E-state index contributed by atoms with van der Waals surface area (Å²) in [7, 11) is 0. The molecule has 0 aromatic carbocycles. The molecule has 6 heteroatoms. The van der Waals surface area contributed by atoms with Gasteiger partial charge in [0.2, 0.25) is 5.95 Å². The molecule has 0 saturated heterocycles. The first-order valence-corrected chi connectivity index (χ1v) is 6.27. The van der Waals surface area contributed by atoms with Crippen LogP contribution in [0, 0.1) is 6.92 Å². The van der Waals surface area contributed by atoms with E-state index < -0.39 is 12.6 Å². The molecule has 1 rings (SSSR count). The van der Waals surface area contributed by atoms with Crippen molar-refractivity contribution in [1.29, 1.82) is 0 Å². The van der Waals surface area contributed by atoms with E-state index in [4.69, 9.17) is 0 Å². The monoisotopic (exact) mass is 263 g/mol. The molecular weight excluding hydrogens is 243 g/mol. The Balaban J connectivity index is 2.41. The molecule has 0 spiro atoms. The molecule has 0 aliphatic heterocycles. The smallest absolute Gasteiger partial charge is 0.356 e. The van der Waals surface area contributed by atoms with Crippen LogP contribution in [0.25, 0.3) is 0 Å². The van der Waals surface area contributed by atoms with Crippen LogP contribution in [0.3, 0.4) is 0 Å². The van der Waals surface area contributed by atoms with Gasteiger partial charge < -0.3 is 9.88 Å². The Kier molecular flexibility index (Phi) is 5.50. The van der Waals surface area contributed by atoms with Crippen molar-refractivity contribution in [3.8, 4) is 0 Å². The van der Waals surface area contributed by atoms with Gasteiger partial charge in [-0.25, -0.2) is 4.98 Å². The zero-order chi connectivity index (χ0) is 13.6. The van der Waals surface area contributed by atoms with E-state index in [9.17, 15) is 13.2 Å². The van der Waals surface area contributed by atoms with Crippen molar-refractivity contribution in [1.82, 2.24) is 9.55 Å². The lowest BCUT2D eigenvalue weighted by Crippen LogP contribution is -2.10. The fourth-order valence-electron chi connectivity index (χ4n) is 1.70. The van der Waals surface area contributed by atoms with Crippen molar-refractivity contribution in [2.45, 2.75) is 52.3 Å². The Morgan fingerprint density at radius 3 is 2.67 bits per heavy atom. The van der Waals surface area contributed by atoms with Gasteiger partial charge in [0.1, 0.15) is 0 Å². The minimum atomic E-state index is -4.05. The van der Waals surface area contributed by atoms with E-state index in [1.165, 1.54) is 0 Å². The quantitative estimate of drug-likeness (QED) is 0.759. The van der Waals surface area contributed by atoms with E-state index in [-0.39, 0.29) is 6.42 Å². The lowest BCUT2D eigenvalue weighted by molar-refractivity contribution is -0.135. The Labute approximate surface area is 105 Å². The highest BCUT2D eigenvalue weighted by Crippen LogP contribution is 2.22. The number of unbranched alkanes of at least 4 members (excludes halogenated alkanes) is 1. The maximum Gasteiger partial charge on any atom is 0.389 e. The summed E-state index contributed by atoms with van der Waals surface area (Å²) < 4.78 is 37.9. The molecule has 0 unspecified atom stereocenters. The standard InChI is InChI=1S/C12H20F3N3/c1-3-7-16-11-17-10(2)9-18(11)8-5-4-6-12(13,14)15/h9H,3-8H2,1-2H3,(H,16,17). The molecule has 1 aromatic heterocycles. The van der Waals surface area contributed by atoms with E-state index in [0.717, 1.165) is 24.6 Å². The number of hydrogen-bond donors (Lipinski definition) is 1. The molecule has 1 N–H and O–H groups in total. The Bertz CT molecular complexity index is 358. The van der Waals surface area contributed by atoms with E-state index in [0.29, 0.717) is 13.0 Å². The van der Waals surface area contributed by atoms with Gasteiger partial charge in [0.15, 0.2) is 0 Å². The first kappa shape index (κ1) is 14.9. The Morgan fingerprint density at radius 2 is 2.06 bits per heavy atom. The van der Waals surface area contributed by atoms with Crippen LogP contribution in [0.5, 0.6) is 0 Å². The second kappa shape index (κ2) is 6.66. The molecule has 3 nitrogen and oxygen atoms in total. The lowest BCUT2D eigenvalue weighted by Gasteiger charge is -2.09. The molecule has 0 amide bonds. The van der Waals surface area contributed by atoms with E-state index in [2.05, 4.69) is 17.2 Å². The number of aromatic nitrogens is 2. The number of imidazole rings is 1. The van der Waals surface area contributed by atoms with Crippen LogP contribution in [-0.4, -0.2) is 22.3 Å². The molecular formula is C12H20F3N3. The van der Waals surface area contributed by atoms with E-state index in [1.54, 1.807) is 0 Å². The molecule has 0 atom stereocenters. The first-order valence-electron chi connectivity index (χ1n) is 6.27. The molecule has 0 bridgehead atoms. The van der Waals surface area contributed by atoms with Gasteiger partial charge in [-0.2, -0.15) is 13.2 Å². The number of halogens is 3. The first-order chi connectivity index (χ1) is 8.42. The van der Waals surface area contributed by atoms with Crippen molar-refractivity contribution in [2.24, 2.45) is 0 Å². The van der Waals surface area contributed by atoms with Gasteiger partial charge >= 0.3 is 6.18 Å². The fraction of sp³-hybridized carbons (Fsp3) is 0.750. The molecule has 1 aromatic rings. The predicted molar refractivity (Wildman–Crippen MR) is 65.7 cm³/mol. The van der Waals surface area contributed by atoms with Crippen LogP contribution in [0.4, 0.5) is 19.1 Å². The second-order valence-electron chi connectivity index (χ2n) is 4.40. The summed E-state index contributed by atoms with van der Waals surface area (Å²) in [5, 5.41) is 3.17. The van der Waals surface area contributed by atoms with Crippen LogP contribution in [0.15, 0.2) is 6.20 Å². The van der Waals surface area contributed by atoms with Crippen LogP contribution < -0.4 is 5.32 Å². The summed E-state index contributed by atoms with van der Waals surface area (Å²) in [4.78, 5) is 4.31. The largest absolute Gasteiger partial charge is 0.389 e. The van der Waals surface area contributed by atoms with E-state index >= 15 is 0 Å². The van der Waals surface area contributed by atoms with Crippen LogP contribution in [-0.2, 0) is 6.54 Å². The number of nitrogens with zero attached hydrogens (tertiary/aromatic N) is 2. The number of hydrogen-bond acceptors (Lipinski definition) is 2. The Morgan fingerprint density at radius 1 is 1.33 bits per heavy atom. The molecule has 0 aliphatic carbocycles. The van der Waals surface area contributed by atoms with Crippen molar-refractivity contribution in [3.05, 3.63) is 11.9 Å². The van der Waals surface area contributed by atoms with Crippen molar-refractivity contribution < 1.29 is 13.2 Å². The normalized spacial score (nSPS) is 11.8. The zero-order valence-electron chi connectivity index (χ0n) is 10.8. The summed E-state index contributed by atoms with van der Waals surface area (Å²) in [5.74, 6) is 0.751. The molecule has 18 heavy (non-hydrogen) atoms. The van der Waals surface area contributed by atoms with Gasteiger partial charge in [-0.1, -0.05) is 6.92 Å². The number of alkyl halides is 3. The molecule has 104 valence electrons. The van der Waals surface area contributed by atoms with Gasteiger partial charge in [0.25, 0.3) is 0 Å². The van der Waals surface area contributed by atoms with E-state index in [1.807, 2.05) is 17.7 Å². The maximum atomic E-state index is 12.0. The average molecular weight is 263 g/mol. The lowest BCUT2D eigenvalue weighted by atomic mass is 10.2. The number of rotatable bonds is 7. The van der Waals surface area contributed by atoms with Crippen molar-refractivity contribution >= 4 is 5.95 Å². The molecule has 0 radical (unpaired) electrons. The number of aryl methyl sites for hydroxylation is 2. The highest BCUT2D eigenvalue weighted by atomic mass is 19.4. The molecule has 0 fully saturated rings. The Hall–Kier alpha value is -1.20. The highest BCUT2D eigenvalue weighted by molar-refractivity contribution is 5.28. The minimum Gasteiger partial charge on any atom is -0.356 e. The van der Waals surface area contributed by atoms with Gasteiger partial charge in [-0.05, 0) is 26.2 Å². The van der Waals surface area contributed by atoms with Crippen molar-refractivity contribution in [2.75, 3.05) is 11.9 Å². The zero-order valence-corrected chi connectivity index (χ0v) is 10.8. The second-order valence-corrected chi connectivity index (χ2v) is 4.40. The number of anilines is 1. The van der Waals surface area contributed by atoms with Crippen LogP contribution in [0.1, 0.15) is 38.3 Å². The van der Waals surface area contributed by atoms with Crippen LogP contribution in [0.2, 0.25) is 0 Å². The summed E-state index contributed by atoms with van der Waals surface area (Å²) in [5.41, 5.74) is 0.879. The van der Waals surface area contributed by atoms with Crippen LogP contribution >= 0.6 is 0 Å². The summed E-state index contributed by atoms with van der Waals surface area (Å²) >= 11 is 0. The van der Waals surface area contributed by atoms with Crippen molar-refractivity contribution in [3.63, 3.8) is 0 Å². The fourth-order valence-corrected chi connectivity index (χ4v) is 1.70. The summed E-state index contributed by atoms with van der Waals surface area (Å²) in [6, 6.07) is 0. The highest BCUT2D eigenvalue weighted by Gasteiger charge is 2.25. The predicted octanol–water partition coefficient (Wildman–Crippen LogP) is 3.75. The third kappa shape index (κ3) is 5.42. The SMILES string of the molecule is CCCNc1nc(C)cn1CCCCC(F)(F)F. The van der Waals surface area contributed by atoms with Gasteiger partial charge in [0, 0.05) is 25.7 Å². The average Bonchev–Trinajstić information content (AvgIpc) is 2.61. The van der Waals surface area contributed by atoms with Gasteiger partial charge in [0.05, 0.1) is 5.69 Å². The summed E-state index contributed by atoms with van der Waals surface area (Å²) in [6.45, 7) is 5.32.